The van der Waals surface area contributed by atoms with Gasteiger partial charge in [0.25, 0.3) is 5.92 Å². The molecule has 0 radical (unpaired) electrons. The number of aliphatic hydroxyl groups is 1. The molecule has 1 aromatic heterocycles. The molecule has 2 saturated heterocycles. The average molecular weight is 462 g/mol. The molecule has 4 aliphatic rings. The molecule has 33 heavy (non-hydrogen) atoms. The Hall–Kier alpha value is -3.01. The highest BCUT2D eigenvalue weighted by Gasteiger charge is 2.75. The van der Waals surface area contributed by atoms with Crippen molar-refractivity contribution in [3.8, 4) is 0 Å². The first-order valence-corrected chi connectivity index (χ1v) is 10.7. The number of alkyl halides is 2. The summed E-state index contributed by atoms with van der Waals surface area (Å²) in [4.78, 5) is 40.9. The largest absolute Gasteiger partial charge is 0.468 e. The molecule has 4 atom stereocenters. The lowest BCUT2D eigenvalue weighted by Crippen LogP contribution is -2.79. The van der Waals surface area contributed by atoms with Crippen molar-refractivity contribution in [2.75, 3.05) is 20.8 Å². The van der Waals surface area contributed by atoms with E-state index in [0.717, 1.165) is 7.11 Å². The molecule has 3 unspecified atom stereocenters. The van der Waals surface area contributed by atoms with Gasteiger partial charge in [-0.1, -0.05) is 18.2 Å². The zero-order valence-corrected chi connectivity index (χ0v) is 18.4. The van der Waals surface area contributed by atoms with Gasteiger partial charge < -0.3 is 19.5 Å². The Balaban J connectivity index is 1.94. The molecule has 1 saturated carbocycles. The van der Waals surface area contributed by atoms with Crippen molar-refractivity contribution in [3.05, 3.63) is 35.5 Å². The Kier molecular flexibility index (Phi) is 4.46. The van der Waals surface area contributed by atoms with E-state index in [1.165, 1.54) is 16.6 Å². The first-order chi connectivity index (χ1) is 15.5. The fraction of sp³-hybridized carbons (Fsp3) is 0.522. The quantitative estimate of drug-likeness (QED) is 0.688. The molecule has 4 bridgehead atoms. The summed E-state index contributed by atoms with van der Waals surface area (Å²) in [5.41, 5.74) is -3.41. The molecule has 3 aliphatic heterocycles. The number of hydrogen-bond donors (Lipinski definition) is 1. The summed E-state index contributed by atoms with van der Waals surface area (Å²) in [5.74, 6) is -5.94. The van der Waals surface area contributed by atoms with Crippen LogP contribution in [0.4, 0.5) is 13.6 Å². The second kappa shape index (κ2) is 6.75. The fourth-order valence-corrected chi connectivity index (χ4v) is 6.43. The average Bonchev–Trinajstić information content (AvgIpc) is 3.05. The molecular weight excluding hydrogens is 438 g/mol. The Morgan fingerprint density at radius 3 is 2.52 bits per heavy atom. The number of aromatic nitrogens is 1. The molecule has 176 valence electrons. The summed E-state index contributed by atoms with van der Waals surface area (Å²) in [7, 11) is 2.31. The molecule has 6 rings (SSSR count). The second-order valence-electron chi connectivity index (χ2n) is 9.21. The minimum atomic E-state index is -3.64. The molecule has 0 spiro atoms. The standard InChI is InChI=1S/C23H24F2N2O6/c1-21(24,25)23(31)11-12-10-22(19(29)32-2)16-14(8-9-26(17(12)28)18(22)23)13-6-4-5-7-15(13)27(16)20(30)33-3/h4-7,12,18,31H,8-11H2,1-3H3/t12-,18?,22?,23?/m1/s1. The number of halogens is 2. The Labute approximate surface area is 188 Å². The van der Waals surface area contributed by atoms with E-state index < -0.39 is 47.4 Å². The molecule has 1 amide bonds. The molecule has 8 nitrogen and oxygen atoms in total. The molecule has 4 heterocycles. The summed E-state index contributed by atoms with van der Waals surface area (Å²) in [6, 6.07) is 5.30. The maximum atomic E-state index is 15.0. The first kappa shape index (κ1) is 21.8. The lowest BCUT2D eigenvalue weighted by molar-refractivity contribution is -0.256. The van der Waals surface area contributed by atoms with Crippen LogP contribution in [0.25, 0.3) is 10.9 Å². The molecule has 1 aromatic carbocycles. The number of carbonyl (C=O) groups excluding carboxylic acids is 3. The molecule has 1 N–H and O–H groups in total. The number of nitrogens with zero attached hydrogens (tertiary/aromatic N) is 2. The van der Waals surface area contributed by atoms with Crippen molar-refractivity contribution in [2.24, 2.45) is 5.92 Å². The highest BCUT2D eigenvalue weighted by Crippen LogP contribution is 2.60. The van der Waals surface area contributed by atoms with Crippen LogP contribution in [0.15, 0.2) is 24.3 Å². The van der Waals surface area contributed by atoms with Crippen molar-refractivity contribution < 1.29 is 37.7 Å². The maximum Gasteiger partial charge on any atom is 0.418 e. The van der Waals surface area contributed by atoms with Crippen molar-refractivity contribution in [1.82, 2.24) is 9.47 Å². The minimum Gasteiger partial charge on any atom is -0.468 e. The molecule has 2 aromatic rings. The van der Waals surface area contributed by atoms with E-state index in [1.807, 2.05) is 0 Å². The summed E-state index contributed by atoms with van der Waals surface area (Å²) in [6.45, 7) is 0.604. The zero-order valence-electron chi connectivity index (χ0n) is 18.4. The van der Waals surface area contributed by atoms with Gasteiger partial charge in [0.05, 0.1) is 31.5 Å². The third-order valence-corrected chi connectivity index (χ3v) is 7.66. The predicted molar refractivity (Wildman–Crippen MR) is 111 cm³/mol. The number of carbonyl (C=O) groups is 3. The number of fused-ring (bicyclic) bond motifs is 4. The van der Waals surface area contributed by atoms with Crippen LogP contribution in [0.5, 0.6) is 0 Å². The minimum absolute atomic E-state index is 0.0132. The topological polar surface area (TPSA) is 98.1 Å². The van der Waals surface area contributed by atoms with Gasteiger partial charge in [-0.25, -0.2) is 18.1 Å². The van der Waals surface area contributed by atoms with E-state index in [-0.39, 0.29) is 31.0 Å². The fourth-order valence-electron chi connectivity index (χ4n) is 6.43. The summed E-state index contributed by atoms with van der Waals surface area (Å²) in [6.07, 6.45) is -1.23. The van der Waals surface area contributed by atoms with Crippen LogP contribution in [0, 0.1) is 5.92 Å². The highest BCUT2D eigenvalue weighted by atomic mass is 19.3. The third-order valence-electron chi connectivity index (χ3n) is 7.66. The number of ether oxygens (including phenoxy) is 2. The van der Waals surface area contributed by atoms with Crippen molar-refractivity contribution in [3.63, 3.8) is 0 Å². The number of para-hydroxylation sites is 1. The van der Waals surface area contributed by atoms with Crippen LogP contribution in [-0.4, -0.2) is 70.9 Å². The van der Waals surface area contributed by atoms with Gasteiger partial charge in [-0.3, -0.25) is 9.59 Å². The maximum absolute atomic E-state index is 15.0. The van der Waals surface area contributed by atoms with E-state index in [4.69, 9.17) is 9.47 Å². The van der Waals surface area contributed by atoms with Gasteiger partial charge >= 0.3 is 12.1 Å². The molecule has 10 heteroatoms. The van der Waals surface area contributed by atoms with Gasteiger partial charge in [-0.2, -0.15) is 0 Å². The van der Waals surface area contributed by atoms with E-state index in [9.17, 15) is 19.5 Å². The van der Waals surface area contributed by atoms with Gasteiger partial charge in [0.1, 0.15) is 5.41 Å². The number of esters is 1. The SMILES string of the molecule is COC(=O)n1c2c(c3ccccc31)CCN1C(=O)[C@@H]3CC2(C(=O)OC)C1C(O)(C(C)(F)F)C3. The van der Waals surface area contributed by atoms with Gasteiger partial charge in [-0.15, -0.1) is 0 Å². The molecular formula is C23H24F2N2O6. The van der Waals surface area contributed by atoms with E-state index >= 15 is 8.78 Å². The van der Waals surface area contributed by atoms with Crippen molar-refractivity contribution in [2.45, 2.75) is 49.2 Å². The first-order valence-electron chi connectivity index (χ1n) is 10.7. The normalized spacial score (nSPS) is 30.7. The second-order valence-corrected chi connectivity index (χ2v) is 9.21. The number of hydrogen-bond acceptors (Lipinski definition) is 6. The number of amides is 1. The van der Waals surface area contributed by atoms with Crippen LogP contribution in [0.2, 0.25) is 0 Å². The Morgan fingerprint density at radius 2 is 1.88 bits per heavy atom. The molecule has 1 aliphatic carbocycles. The smallest absolute Gasteiger partial charge is 0.418 e. The van der Waals surface area contributed by atoms with Gasteiger partial charge in [-0.05, 0) is 30.9 Å². The van der Waals surface area contributed by atoms with Crippen LogP contribution in [-0.2, 0) is 30.9 Å². The zero-order chi connectivity index (χ0) is 23.9. The van der Waals surface area contributed by atoms with Gasteiger partial charge in [0, 0.05) is 24.8 Å². The predicted octanol–water partition coefficient (Wildman–Crippen LogP) is 2.23. The number of methoxy groups -OCH3 is 2. The number of rotatable bonds is 2. The van der Waals surface area contributed by atoms with Crippen molar-refractivity contribution >= 4 is 28.9 Å². The van der Waals surface area contributed by atoms with Gasteiger partial charge in [0.15, 0.2) is 5.60 Å². The van der Waals surface area contributed by atoms with Crippen LogP contribution >= 0.6 is 0 Å². The van der Waals surface area contributed by atoms with Crippen LogP contribution in [0.1, 0.15) is 31.0 Å². The lowest BCUT2D eigenvalue weighted by atomic mass is 9.53. The molecule has 3 fully saturated rings. The Morgan fingerprint density at radius 1 is 1.18 bits per heavy atom. The van der Waals surface area contributed by atoms with Crippen LogP contribution in [0.3, 0.4) is 0 Å². The lowest BCUT2D eigenvalue weighted by Gasteiger charge is -2.61. The van der Waals surface area contributed by atoms with Gasteiger partial charge in [0.2, 0.25) is 5.91 Å². The summed E-state index contributed by atoms with van der Waals surface area (Å²) in [5, 5.41) is 12.1. The summed E-state index contributed by atoms with van der Waals surface area (Å²) < 4.78 is 41.4. The number of piperidine rings is 2. The van der Waals surface area contributed by atoms with E-state index in [0.29, 0.717) is 23.4 Å². The third kappa shape index (κ3) is 2.50. The van der Waals surface area contributed by atoms with E-state index in [1.54, 1.807) is 24.3 Å². The van der Waals surface area contributed by atoms with Crippen LogP contribution < -0.4 is 0 Å². The Bertz CT molecular complexity index is 1200. The highest BCUT2D eigenvalue weighted by molar-refractivity contribution is 6.00. The van der Waals surface area contributed by atoms with Crippen molar-refractivity contribution in [1.29, 1.82) is 0 Å². The number of benzene rings is 1. The monoisotopic (exact) mass is 462 g/mol. The summed E-state index contributed by atoms with van der Waals surface area (Å²) >= 11 is 0. The van der Waals surface area contributed by atoms with E-state index in [2.05, 4.69) is 0 Å².